The van der Waals surface area contributed by atoms with Crippen molar-refractivity contribution in [1.82, 2.24) is 33.7 Å². The lowest BCUT2D eigenvalue weighted by Crippen LogP contribution is -2.39. The van der Waals surface area contributed by atoms with Crippen molar-refractivity contribution in [2.45, 2.75) is 43.7 Å². The first-order valence-electron chi connectivity index (χ1n) is 12.1. The van der Waals surface area contributed by atoms with Gasteiger partial charge in [-0.15, -0.1) is 0 Å². The zero-order valence-electron chi connectivity index (χ0n) is 19.9. The van der Waals surface area contributed by atoms with Crippen LogP contribution in [-0.4, -0.2) is 44.9 Å². The summed E-state index contributed by atoms with van der Waals surface area (Å²) in [4.78, 5) is 26.5. The van der Waals surface area contributed by atoms with Crippen molar-refractivity contribution in [2.75, 3.05) is 5.32 Å². The van der Waals surface area contributed by atoms with Crippen LogP contribution in [0.4, 0.5) is 11.6 Å². The first-order chi connectivity index (χ1) is 18.0. The molecule has 2 N–H and O–H groups in total. The van der Waals surface area contributed by atoms with Crippen LogP contribution in [0.1, 0.15) is 43.2 Å². The molecule has 2 saturated carbocycles. The third kappa shape index (κ3) is 3.65. The molecule has 0 bridgehead atoms. The van der Waals surface area contributed by atoms with E-state index in [-0.39, 0.29) is 11.6 Å². The molecular formula is C25H23ClN8O3. The van der Waals surface area contributed by atoms with Crippen molar-refractivity contribution in [3.05, 3.63) is 64.2 Å². The molecule has 11 nitrogen and oxygen atoms in total. The SMILES string of the molecule is Cn1c(Nc2cc(C3CC3)cn([C@@H]3CC[C@@H]3O)c2=O)nc2ncc(Oc3cnn4ccncc34)c(Cl)c21. The van der Waals surface area contributed by atoms with Crippen molar-refractivity contribution in [3.8, 4) is 11.5 Å². The van der Waals surface area contributed by atoms with E-state index in [1.807, 2.05) is 12.3 Å². The first-order valence-corrected chi connectivity index (χ1v) is 12.5. The number of ether oxygens (including phenoxy) is 1. The summed E-state index contributed by atoms with van der Waals surface area (Å²) in [5, 5.41) is 18.0. The average Bonchev–Trinajstić information content (AvgIpc) is 3.59. The Hall–Kier alpha value is -3.96. The number of nitrogens with zero attached hydrogens (tertiary/aromatic N) is 7. The molecule has 0 aliphatic heterocycles. The van der Waals surface area contributed by atoms with Gasteiger partial charge in [-0.05, 0) is 43.2 Å². The highest BCUT2D eigenvalue weighted by molar-refractivity contribution is 6.36. The molecule has 7 rings (SSSR count). The van der Waals surface area contributed by atoms with Crippen molar-refractivity contribution >= 4 is 39.9 Å². The Morgan fingerprint density at radius 1 is 1.16 bits per heavy atom. The van der Waals surface area contributed by atoms with E-state index in [9.17, 15) is 9.90 Å². The average molecular weight is 519 g/mol. The predicted octanol–water partition coefficient (Wildman–Crippen LogP) is 3.94. The Labute approximate surface area is 215 Å². The van der Waals surface area contributed by atoms with E-state index in [0.717, 1.165) is 24.8 Å². The van der Waals surface area contributed by atoms with Gasteiger partial charge in [0.1, 0.15) is 21.7 Å². The second-order valence-electron chi connectivity index (χ2n) is 9.63. The molecule has 2 fully saturated rings. The standard InChI is InChI=1S/C25H23ClN8O3/c1-32-22-21(26)20(37-19-11-29-34-7-6-27-9-17(19)34)10-28-23(22)31-25(32)30-15-8-14(13-2-3-13)12-33(24(15)36)16-4-5-18(16)35/h6-13,16,18,35H,2-5H2,1H3,(H,28,30,31)/t16-,18+/m1/s1. The summed E-state index contributed by atoms with van der Waals surface area (Å²) in [6.45, 7) is 0. The minimum atomic E-state index is -0.499. The monoisotopic (exact) mass is 518 g/mol. The van der Waals surface area contributed by atoms with Gasteiger partial charge in [0, 0.05) is 25.6 Å². The minimum Gasteiger partial charge on any atom is -0.450 e. The second-order valence-corrected chi connectivity index (χ2v) is 10.0. The zero-order valence-corrected chi connectivity index (χ0v) is 20.6. The third-order valence-corrected chi connectivity index (χ3v) is 7.60. The number of hydrogen-bond donors (Lipinski definition) is 2. The number of imidazole rings is 1. The molecule has 37 heavy (non-hydrogen) atoms. The number of pyridine rings is 2. The summed E-state index contributed by atoms with van der Waals surface area (Å²) in [5.41, 5.74) is 2.98. The van der Waals surface area contributed by atoms with Crippen LogP contribution in [0.15, 0.2) is 48.0 Å². The molecule has 2 atom stereocenters. The summed E-state index contributed by atoms with van der Waals surface area (Å²) < 4.78 is 11.1. The largest absolute Gasteiger partial charge is 0.450 e. The maximum absolute atomic E-state index is 13.4. The fraction of sp³-hybridized carbons (Fsp3) is 0.320. The predicted molar refractivity (Wildman–Crippen MR) is 137 cm³/mol. The third-order valence-electron chi connectivity index (χ3n) is 7.23. The Morgan fingerprint density at radius 3 is 2.78 bits per heavy atom. The molecule has 0 unspecified atom stereocenters. The fourth-order valence-electron chi connectivity index (χ4n) is 4.82. The minimum absolute atomic E-state index is 0.190. The summed E-state index contributed by atoms with van der Waals surface area (Å²) in [7, 11) is 1.80. The second kappa shape index (κ2) is 8.29. The molecule has 5 aromatic heterocycles. The van der Waals surface area contributed by atoms with E-state index in [4.69, 9.17) is 16.3 Å². The van der Waals surface area contributed by atoms with Crippen LogP contribution in [0.5, 0.6) is 11.5 Å². The molecule has 0 spiro atoms. The number of aliphatic hydroxyl groups excluding tert-OH is 1. The number of halogens is 1. The van der Waals surface area contributed by atoms with Crippen molar-refractivity contribution in [2.24, 2.45) is 7.05 Å². The van der Waals surface area contributed by atoms with Crippen molar-refractivity contribution < 1.29 is 9.84 Å². The lowest BCUT2D eigenvalue weighted by atomic mass is 9.88. The van der Waals surface area contributed by atoms with Gasteiger partial charge < -0.3 is 24.3 Å². The highest BCUT2D eigenvalue weighted by Gasteiger charge is 2.33. The number of aryl methyl sites for hydroxylation is 1. The van der Waals surface area contributed by atoms with Gasteiger partial charge in [0.2, 0.25) is 5.95 Å². The lowest BCUT2D eigenvalue weighted by molar-refractivity contribution is 0.0299. The number of nitrogens with one attached hydrogen (secondary N) is 1. The van der Waals surface area contributed by atoms with E-state index in [0.29, 0.717) is 57.2 Å². The number of aliphatic hydroxyl groups is 1. The number of aromatic nitrogens is 7. The van der Waals surface area contributed by atoms with E-state index in [1.165, 1.54) is 6.20 Å². The highest BCUT2D eigenvalue weighted by atomic mass is 35.5. The van der Waals surface area contributed by atoms with Crippen LogP contribution in [0.3, 0.4) is 0 Å². The molecule has 5 aromatic rings. The van der Waals surface area contributed by atoms with Gasteiger partial charge >= 0.3 is 0 Å². The molecule has 2 aliphatic carbocycles. The fourth-order valence-corrected chi connectivity index (χ4v) is 5.11. The summed E-state index contributed by atoms with van der Waals surface area (Å²) in [5.74, 6) is 1.70. The summed E-state index contributed by atoms with van der Waals surface area (Å²) >= 11 is 6.76. The molecule has 2 aliphatic rings. The molecule has 188 valence electrons. The number of hydrogen-bond acceptors (Lipinski definition) is 8. The summed E-state index contributed by atoms with van der Waals surface area (Å²) in [6.07, 6.45) is 13.2. The quantitative estimate of drug-likeness (QED) is 0.346. The van der Waals surface area contributed by atoms with E-state index >= 15 is 0 Å². The van der Waals surface area contributed by atoms with Crippen molar-refractivity contribution in [1.29, 1.82) is 0 Å². The first kappa shape index (κ1) is 22.3. The lowest BCUT2D eigenvalue weighted by Gasteiger charge is -2.34. The van der Waals surface area contributed by atoms with Crippen LogP contribution in [0.25, 0.3) is 16.7 Å². The maximum Gasteiger partial charge on any atom is 0.274 e. The van der Waals surface area contributed by atoms with E-state index < -0.39 is 6.10 Å². The Balaban J connectivity index is 1.26. The van der Waals surface area contributed by atoms with Crippen LogP contribution < -0.4 is 15.6 Å². The molecule has 0 saturated heterocycles. The molecule has 12 heteroatoms. The van der Waals surface area contributed by atoms with E-state index in [2.05, 4.69) is 25.4 Å². The van der Waals surface area contributed by atoms with Gasteiger partial charge in [-0.3, -0.25) is 9.78 Å². The van der Waals surface area contributed by atoms with Gasteiger partial charge in [0.15, 0.2) is 17.1 Å². The molecular weight excluding hydrogens is 496 g/mol. The number of anilines is 2. The molecule has 0 radical (unpaired) electrons. The van der Waals surface area contributed by atoms with Crippen LogP contribution in [-0.2, 0) is 7.05 Å². The van der Waals surface area contributed by atoms with Crippen LogP contribution in [0, 0.1) is 0 Å². The highest BCUT2D eigenvalue weighted by Crippen LogP contribution is 2.42. The number of rotatable bonds is 6. The zero-order chi connectivity index (χ0) is 25.3. The molecule has 5 heterocycles. The normalized spacial score (nSPS) is 19.3. The van der Waals surface area contributed by atoms with Crippen LogP contribution >= 0.6 is 11.6 Å². The van der Waals surface area contributed by atoms with Gasteiger partial charge in [0.25, 0.3) is 5.56 Å². The molecule has 0 aromatic carbocycles. The van der Waals surface area contributed by atoms with E-state index in [1.54, 1.807) is 45.5 Å². The topological polar surface area (TPSA) is 124 Å². The van der Waals surface area contributed by atoms with Gasteiger partial charge in [-0.25, -0.2) is 9.50 Å². The van der Waals surface area contributed by atoms with Crippen LogP contribution in [0.2, 0.25) is 5.02 Å². The summed E-state index contributed by atoms with van der Waals surface area (Å²) in [6, 6.07) is 1.70. The Kier molecular flexibility index (Phi) is 4.98. The smallest absolute Gasteiger partial charge is 0.274 e. The van der Waals surface area contributed by atoms with Gasteiger partial charge in [0.05, 0.1) is 30.7 Å². The van der Waals surface area contributed by atoms with Crippen molar-refractivity contribution in [3.63, 3.8) is 0 Å². The van der Waals surface area contributed by atoms with Gasteiger partial charge in [-0.2, -0.15) is 10.1 Å². The molecule has 0 amide bonds. The Bertz CT molecular complexity index is 1740. The Morgan fingerprint density at radius 2 is 2.03 bits per heavy atom. The number of fused-ring (bicyclic) bond motifs is 2. The van der Waals surface area contributed by atoms with Gasteiger partial charge in [-0.1, -0.05) is 11.6 Å². The maximum atomic E-state index is 13.4.